The zero-order valence-electron chi connectivity index (χ0n) is 12.1. The summed E-state index contributed by atoms with van der Waals surface area (Å²) < 4.78 is 6.79. The van der Waals surface area contributed by atoms with Gasteiger partial charge in [0.05, 0.1) is 6.54 Å². The topological polar surface area (TPSA) is 73.2 Å². The van der Waals surface area contributed by atoms with E-state index in [-0.39, 0.29) is 29.7 Å². The average Bonchev–Trinajstić information content (AvgIpc) is 3.34. The minimum absolute atomic E-state index is 0.236. The summed E-state index contributed by atoms with van der Waals surface area (Å²) in [5, 5.41) is 6.95. The maximum atomic E-state index is 11.9. The minimum Gasteiger partial charge on any atom is -0.492 e. The summed E-state index contributed by atoms with van der Waals surface area (Å²) in [7, 11) is 0. The molecule has 0 atom stereocenters. The van der Waals surface area contributed by atoms with Gasteiger partial charge in [-0.15, -0.1) is 0 Å². The van der Waals surface area contributed by atoms with Crippen molar-refractivity contribution < 1.29 is 9.53 Å². The highest BCUT2D eigenvalue weighted by Gasteiger charge is 2.24. The summed E-state index contributed by atoms with van der Waals surface area (Å²) in [5.74, 6) is 0.499. The van der Waals surface area contributed by atoms with E-state index >= 15 is 0 Å². The molecular formula is C16H17N3O3. The van der Waals surface area contributed by atoms with E-state index in [9.17, 15) is 9.59 Å². The molecule has 1 N–H and O–H groups in total. The molecule has 3 rings (SSSR count). The lowest BCUT2D eigenvalue weighted by Gasteiger charge is -2.09. The maximum absolute atomic E-state index is 11.9. The molecule has 0 saturated heterocycles. The lowest BCUT2D eigenvalue weighted by atomic mass is 10.3. The summed E-state index contributed by atoms with van der Waals surface area (Å²) in [6, 6.07) is 12.4. The van der Waals surface area contributed by atoms with E-state index in [4.69, 9.17) is 4.74 Å². The Labute approximate surface area is 127 Å². The van der Waals surface area contributed by atoms with Crippen LogP contribution in [-0.2, 0) is 6.54 Å². The Balaban J connectivity index is 1.62. The van der Waals surface area contributed by atoms with Crippen LogP contribution in [0.3, 0.4) is 0 Å². The van der Waals surface area contributed by atoms with Gasteiger partial charge in [-0.25, -0.2) is 4.68 Å². The molecule has 114 valence electrons. The molecule has 1 aromatic carbocycles. The van der Waals surface area contributed by atoms with Gasteiger partial charge in [-0.05, 0) is 31.0 Å². The number of ether oxygens (including phenoxy) is 1. The highest BCUT2D eigenvalue weighted by Crippen LogP contribution is 2.18. The van der Waals surface area contributed by atoms with E-state index < -0.39 is 0 Å². The second-order valence-electron chi connectivity index (χ2n) is 5.19. The van der Waals surface area contributed by atoms with E-state index in [1.54, 1.807) is 0 Å². The van der Waals surface area contributed by atoms with Crippen molar-refractivity contribution in [2.75, 3.05) is 6.61 Å². The van der Waals surface area contributed by atoms with E-state index in [0.717, 1.165) is 18.6 Å². The van der Waals surface area contributed by atoms with Gasteiger partial charge in [0.1, 0.15) is 18.1 Å². The number of benzene rings is 1. The number of nitrogens with one attached hydrogen (secondary N) is 1. The molecule has 1 aromatic heterocycles. The monoisotopic (exact) mass is 299 g/mol. The second kappa shape index (κ2) is 6.43. The van der Waals surface area contributed by atoms with Crippen LogP contribution in [0.2, 0.25) is 0 Å². The number of carbonyl (C=O) groups excluding carboxylic acids is 1. The van der Waals surface area contributed by atoms with Crippen molar-refractivity contribution in [2.45, 2.75) is 25.4 Å². The van der Waals surface area contributed by atoms with Crippen LogP contribution in [0, 0.1) is 0 Å². The first-order valence-corrected chi connectivity index (χ1v) is 7.29. The first-order valence-electron chi connectivity index (χ1n) is 7.29. The average molecular weight is 299 g/mol. The molecule has 1 heterocycles. The standard InChI is InChI=1S/C16H17N3O3/c20-15-9-8-14(16(21)17-12-6-7-12)18-19(15)10-11-22-13-4-2-1-3-5-13/h1-5,8-9,12H,6-7,10-11H2,(H,17,21). The fourth-order valence-corrected chi connectivity index (χ4v) is 1.98. The number of aromatic nitrogens is 2. The van der Waals surface area contributed by atoms with Gasteiger partial charge in [0.25, 0.3) is 11.5 Å². The molecular weight excluding hydrogens is 282 g/mol. The van der Waals surface area contributed by atoms with Crippen LogP contribution in [-0.4, -0.2) is 28.3 Å². The van der Waals surface area contributed by atoms with Crippen LogP contribution >= 0.6 is 0 Å². The van der Waals surface area contributed by atoms with Crippen LogP contribution in [0.4, 0.5) is 0 Å². The normalized spacial score (nSPS) is 13.6. The zero-order chi connectivity index (χ0) is 15.4. The number of amides is 1. The van der Waals surface area contributed by atoms with Crippen molar-refractivity contribution in [3.05, 3.63) is 58.5 Å². The van der Waals surface area contributed by atoms with Crippen molar-refractivity contribution in [3.8, 4) is 5.75 Å². The first kappa shape index (κ1) is 14.3. The molecule has 1 aliphatic carbocycles. The van der Waals surface area contributed by atoms with Crippen LogP contribution in [0.15, 0.2) is 47.3 Å². The third-order valence-corrected chi connectivity index (χ3v) is 3.33. The summed E-state index contributed by atoms with van der Waals surface area (Å²) in [6.07, 6.45) is 2.02. The molecule has 1 fully saturated rings. The molecule has 0 radical (unpaired) electrons. The van der Waals surface area contributed by atoms with E-state index in [2.05, 4.69) is 10.4 Å². The van der Waals surface area contributed by atoms with Crippen molar-refractivity contribution in [1.29, 1.82) is 0 Å². The molecule has 22 heavy (non-hydrogen) atoms. The number of rotatable bonds is 6. The van der Waals surface area contributed by atoms with Crippen molar-refractivity contribution in [3.63, 3.8) is 0 Å². The van der Waals surface area contributed by atoms with E-state index in [0.29, 0.717) is 6.61 Å². The molecule has 6 heteroatoms. The minimum atomic E-state index is -0.250. The first-order chi connectivity index (χ1) is 10.7. The predicted molar refractivity (Wildman–Crippen MR) is 80.9 cm³/mol. The SMILES string of the molecule is O=C(NC1CC1)c1ccc(=O)n(CCOc2ccccc2)n1. The smallest absolute Gasteiger partial charge is 0.271 e. The van der Waals surface area contributed by atoms with Crippen LogP contribution < -0.4 is 15.6 Å². The van der Waals surface area contributed by atoms with Crippen molar-refractivity contribution >= 4 is 5.91 Å². The Morgan fingerprint density at radius 1 is 1.23 bits per heavy atom. The molecule has 1 saturated carbocycles. The van der Waals surface area contributed by atoms with Crippen LogP contribution in [0.1, 0.15) is 23.3 Å². The Hall–Kier alpha value is -2.63. The molecule has 1 amide bonds. The number of hydrogen-bond donors (Lipinski definition) is 1. The van der Waals surface area contributed by atoms with Gasteiger partial charge in [0, 0.05) is 12.1 Å². The van der Waals surface area contributed by atoms with Crippen LogP contribution in [0.5, 0.6) is 5.75 Å². The summed E-state index contributed by atoms with van der Waals surface area (Å²) in [4.78, 5) is 23.7. The quantitative estimate of drug-likeness (QED) is 0.870. The lowest BCUT2D eigenvalue weighted by Crippen LogP contribution is -2.31. The molecule has 6 nitrogen and oxygen atoms in total. The maximum Gasteiger partial charge on any atom is 0.271 e. The zero-order valence-corrected chi connectivity index (χ0v) is 12.1. The van der Waals surface area contributed by atoms with Gasteiger partial charge in [0.2, 0.25) is 0 Å². The fraction of sp³-hybridized carbons (Fsp3) is 0.312. The number of hydrogen-bond acceptors (Lipinski definition) is 4. The molecule has 2 aromatic rings. The third kappa shape index (κ3) is 3.72. The Morgan fingerprint density at radius 3 is 2.73 bits per heavy atom. The Morgan fingerprint density at radius 2 is 2.00 bits per heavy atom. The predicted octanol–water partition coefficient (Wildman–Crippen LogP) is 1.21. The van der Waals surface area contributed by atoms with Crippen LogP contribution in [0.25, 0.3) is 0 Å². The summed E-state index contributed by atoms with van der Waals surface area (Å²) >= 11 is 0. The number of carbonyl (C=O) groups is 1. The molecule has 0 aliphatic heterocycles. The summed E-state index contributed by atoms with van der Waals surface area (Å²) in [5.41, 5.74) is 0.00541. The highest BCUT2D eigenvalue weighted by molar-refractivity contribution is 5.92. The largest absolute Gasteiger partial charge is 0.492 e. The van der Waals surface area contributed by atoms with Gasteiger partial charge in [0.15, 0.2) is 0 Å². The van der Waals surface area contributed by atoms with Crippen molar-refractivity contribution in [2.24, 2.45) is 0 Å². The third-order valence-electron chi connectivity index (χ3n) is 3.33. The van der Waals surface area contributed by atoms with Gasteiger partial charge in [-0.2, -0.15) is 5.10 Å². The van der Waals surface area contributed by atoms with Crippen molar-refractivity contribution in [1.82, 2.24) is 15.1 Å². The van der Waals surface area contributed by atoms with Gasteiger partial charge >= 0.3 is 0 Å². The lowest BCUT2D eigenvalue weighted by molar-refractivity contribution is 0.0943. The van der Waals surface area contributed by atoms with E-state index in [1.807, 2.05) is 30.3 Å². The Kier molecular flexibility index (Phi) is 4.18. The number of para-hydroxylation sites is 1. The number of nitrogens with zero attached hydrogens (tertiary/aromatic N) is 2. The molecule has 0 bridgehead atoms. The van der Waals surface area contributed by atoms with Gasteiger partial charge < -0.3 is 10.1 Å². The summed E-state index contributed by atoms with van der Waals surface area (Å²) in [6.45, 7) is 0.600. The second-order valence-corrected chi connectivity index (χ2v) is 5.19. The molecule has 0 spiro atoms. The Bertz CT molecular complexity index is 708. The molecule has 1 aliphatic rings. The molecule has 0 unspecified atom stereocenters. The highest BCUT2D eigenvalue weighted by atomic mass is 16.5. The van der Waals surface area contributed by atoms with Gasteiger partial charge in [-0.1, -0.05) is 18.2 Å². The van der Waals surface area contributed by atoms with Gasteiger partial charge in [-0.3, -0.25) is 9.59 Å². The fourth-order valence-electron chi connectivity index (χ4n) is 1.98. The van der Waals surface area contributed by atoms with E-state index in [1.165, 1.54) is 16.8 Å².